The highest BCUT2D eigenvalue weighted by Gasteiger charge is 2.11. The molecule has 0 radical (unpaired) electrons. The Bertz CT molecular complexity index is 603. The molecule has 0 heterocycles. The first-order valence-electron chi connectivity index (χ1n) is 5.09. The van der Waals surface area contributed by atoms with Gasteiger partial charge in [0.05, 0.1) is 16.3 Å². The number of amides is 1. The van der Waals surface area contributed by atoms with Crippen LogP contribution in [0.4, 0.5) is 10.1 Å². The van der Waals surface area contributed by atoms with Crippen molar-refractivity contribution in [2.45, 2.75) is 0 Å². The van der Waals surface area contributed by atoms with Crippen molar-refractivity contribution in [3.8, 4) is 0 Å². The minimum atomic E-state index is -0.338. The molecule has 1 N–H and O–H groups in total. The predicted molar refractivity (Wildman–Crippen MR) is 78.5 cm³/mol. The van der Waals surface area contributed by atoms with Gasteiger partial charge in [-0.15, -0.1) is 0 Å². The second kappa shape index (κ2) is 5.67. The summed E-state index contributed by atoms with van der Waals surface area (Å²) in [5.74, 6) is -0.653. The molecule has 5 heteroatoms. The van der Waals surface area contributed by atoms with E-state index in [0.29, 0.717) is 19.8 Å². The van der Waals surface area contributed by atoms with Gasteiger partial charge in [-0.1, -0.05) is 23.7 Å². The summed E-state index contributed by atoms with van der Waals surface area (Å²) in [5.41, 5.74) is 0.946. The molecule has 92 valence electrons. The van der Waals surface area contributed by atoms with Gasteiger partial charge in [-0.3, -0.25) is 4.79 Å². The van der Waals surface area contributed by atoms with E-state index in [1.807, 2.05) is 22.6 Å². The molecule has 0 aromatic heterocycles. The van der Waals surface area contributed by atoms with Crippen LogP contribution in [-0.4, -0.2) is 5.91 Å². The quantitative estimate of drug-likeness (QED) is 0.778. The molecule has 0 aliphatic heterocycles. The van der Waals surface area contributed by atoms with Crippen LogP contribution in [-0.2, 0) is 0 Å². The van der Waals surface area contributed by atoms with E-state index in [9.17, 15) is 9.18 Å². The highest BCUT2D eigenvalue weighted by molar-refractivity contribution is 14.1. The van der Waals surface area contributed by atoms with Gasteiger partial charge < -0.3 is 5.32 Å². The number of nitrogens with one attached hydrogen (secondary N) is 1. The van der Waals surface area contributed by atoms with Gasteiger partial charge in [0.15, 0.2) is 0 Å². The van der Waals surface area contributed by atoms with Gasteiger partial charge in [-0.25, -0.2) is 4.39 Å². The lowest BCUT2D eigenvalue weighted by Crippen LogP contribution is -2.13. The summed E-state index contributed by atoms with van der Waals surface area (Å²) in [5, 5.41) is 3.08. The topological polar surface area (TPSA) is 29.1 Å². The van der Waals surface area contributed by atoms with E-state index in [-0.39, 0.29) is 11.7 Å². The average Bonchev–Trinajstić information content (AvgIpc) is 2.33. The van der Waals surface area contributed by atoms with E-state index in [2.05, 4.69) is 5.32 Å². The molecule has 0 spiro atoms. The second-order valence-corrected chi connectivity index (χ2v) is 5.13. The van der Waals surface area contributed by atoms with Crippen LogP contribution >= 0.6 is 34.2 Å². The highest BCUT2D eigenvalue weighted by Crippen LogP contribution is 2.21. The van der Waals surface area contributed by atoms with Gasteiger partial charge in [-0.2, -0.15) is 0 Å². The van der Waals surface area contributed by atoms with Crippen molar-refractivity contribution in [2.24, 2.45) is 0 Å². The Labute approximate surface area is 122 Å². The van der Waals surface area contributed by atoms with Crippen molar-refractivity contribution in [1.29, 1.82) is 0 Å². The Morgan fingerprint density at radius 1 is 1.22 bits per heavy atom. The molecule has 0 fully saturated rings. The molecule has 0 saturated heterocycles. The van der Waals surface area contributed by atoms with Crippen molar-refractivity contribution in [1.82, 2.24) is 0 Å². The Hall–Kier alpha value is -1.14. The molecule has 0 bridgehead atoms. The van der Waals surface area contributed by atoms with E-state index >= 15 is 0 Å². The molecule has 0 aliphatic carbocycles. The first-order chi connectivity index (χ1) is 8.58. The number of anilines is 1. The maximum absolute atomic E-state index is 12.9. The van der Waals surface area contributed by atoms with Gasteiger partial charge in [0.1, 0.15) is 5.82 Å². The Morgan fingerprint density at radius 3 is 2.61 bits per heavy atom. The SMILES string of the molecule is O=C(Nc1ccc(F)cc1I)c1ccccc1Cl. The fourth-order valence-corrected chi connectivity index (χ4v) is 2.26. The largest absolute Gasteiger partial charge is 0.321 e. The smallest absolute Gasteiger partial charge is 0.257 e. The van der Waals surface area contributed by atoms with Crippen molar-refractivity contribution in [2.75, 3.05) is 5.32 Å². The molecule has 18 heavy (non-hydrogen) atoms. The van der Waals surface area contributed by atoms with Crippen LogP contribution in [0.25, 0.3) is 0 Å². The summed E-state index contributed by atoms with van der Waals surface area (Å²) in [6.45, 7) is 0. The summed E-state index contributed by atoms with van der Waals surface area (Å²) < 4.78 is 13.6. The molecular formula is C13H8ClFINO. The molecule has 1 amide bonds. The summed E-state index contributed by atoms with van der Waals surface area (Å²) in [6, 6.07) is 10.9. The molecule has 2 rings (SSSR count). The Kier molecular flexibility index (Phi) is 4.19. The third-order valence-electron chi connectivity index (χ3n) is 2.30. The van der Waals surface area contributed by atoms with Crippen LogP contribution in [0.3, 0.4) is 0 Å². The average molecular weight is 376 g/mol. The molecule has 0 unspecified atom stereocenters. The zero-order chi connectivity index (χ0) is 13.1. The third kappa shape index (κ3) is 3.00. The maximum Gasteiger partial charge on any atom is 0.257 e. The van der Waals surface area contributed by atoms with Crippen LogP contribution in [0.15, 0.2) is 42.5 Å². The van der Waals surface area contributed by atoms with Gasteiger partial charge in [0, 0.05) is 3.57 Å². The lowest BCUT2D eigenvalue weighted by atomic mass is 10.2. The van der Waals surface area contributed by atoms with Crippen molar-refractivity contribution in [3.05, 3.63) is 62.4 Å². The van der Waals surface area contributed by atoms with Crippen LogP contribution in [0.5, 0.6) is 0 Å². The van der Waals surface area contributed by atoms with Crippen LogP contribution in [0.2, 0.25) is 5.02 Å². The number of carbonyl (C=O) groups is 1. The third-order valence-corrected chi connectivity index (χ3v) is 3.52. The summed E-state index contributed by atoms with van der Waals surface area (Å²) in [7, 11) is 0. The second-order valence-electron chi connectivity index (χ2n) is 3.56. The molecular weight excluding hydrogens is 368 g/mol. The standard InChI is InChI=1S/C13H8ClFINO/c14-10-4-2-1-3-9(10)13(18)17-12-6-5-8(15)7-11(12)16/h1-7H,(H,17,18). The van der Waals surface area contributed by atoms with Crippen molar-refractivity contribution in [3.63, 3.8) is 0 Å². The summed E-state index contributed by atoms with van der Waals surface area (Å²) in [4.78, 5) is 12.0. The normalized spacial score (nSPS) is 10.2. The zero-order valence-corrected chi connectivity index (χ0v) is 12.0. The lowest BCUT2D eigenvalue weighted by molar-refractivity contribution is 0.102. The monoisotopic (exact) mass is 375 g/mol. The fourth-order valence-electron chi connectivity index (χ4n) is 1.43. The van der Waals surface area contributed by atoms with Gasteiger partial charge in [0.2, 0.25) is 0 Å². The van der Waals surface area contributed by atoms with E-state index in [1.165, 1.54) is 18.2 Å². The Morgan fingerprint density at radius 2 is 1.94 bits per heavy atom. The van der Waals surface area contributed by atoms with Gasteiger partial charge in [0.25, 0.3) is 5.91 Å². The number of benzene rings is 2. The number of hydrogen-bond donors (Lipinski definition) is 1. The predicted octanol–water partition coefficient (Wildman–Crippen LogP) is 4.34. The van der Waals surface area contributed by atoms with Crippen LogP contribution < -0.4 is 5.32 Å². The number of halogens is 3. The first kappa shape index (κ1) is 13.3. The number of rotatable bonds is 2. The molecule has 2 aromatic rings. The highest BCUT2D eigenvalue weighted by atomic mass is 127. The first-order valence-corrected chi connectivity index (χ1v) is 6.54. The van der Waals surface area contributed by atoms with Crippen molar-refractivity contribution >= 4 is 45.8 Å². The van der Waals surface area contributed by atoms with E-state index < -0.39 is 0 Å². The van der Waals surface area contributed by atoms with Crippen LogP contribution in [0.1, 0.15) is 10.4 Å². The lowest BCUT2D eigenvalue weighted by Gasteiger charge is -2.08. The summed E-state index contributed by atoms with van der Waals surface area (Å²) in [6.07, 6.45) is 0. The van der Waals surface area contributed by atoms with E-state index in [0.717, 1.165) is 0 Å². The minimum Gasteiger partial charge on any atom is -0.321 e. The zero-order valence-electron chi connectivity index (χ0n) is 9.08. The molecule has 0 saturated carbocycles. The molecule has 0 aliphatic rings. The van der Waals surface area contributed by atoms with Crippen LogP contribution in [0, 0.1) is 9.39 Å². The number of carbonyl (C=O) groups excluding carboxylic acids is 1. The Balaban J connectivity index is 2.24. The summed E-state index contributed by atoms with van der Waals surface area (Å²) >= 11 is 7.89. The van der Waals surface area contributed by atoms with E-state index in [4.69, 9.17) is 11.6 Å². The fraction of sp³-hybridized carbons (Fsp3) is 0. The molecule has 2 aromatic carbocycles. The van der Waals surface area contributed by atoms with Gasteiger partial charge >= 0.3 is 0 Å². The molecule has 2 nitrogen and oxygen atoms in total. The maximum atomic E-state index is 12.9. The minimum absolute atomic E-state index is 0.315. The van der Waals surface area contributed by atoms with Gasteiger partial charge in [-0.05, 0) is 52.9 Å². The van der Waals surface area contributed by atoms with Crippen molar-refractivity contribution < 1.29 is 9.18 Å². The number of hydrogen-bond acceptors (Lipinski definition) is 1. The van der Waals surface area contributed by atoms with E-state index in [1.54, 1.807) is 24.3 Å². The molecule has 0 atom stereocenters.